The minimum Gasteiger partial charge on any atom is -0.330 e. The quantitative estimate of drug-likeness (QED) is 0.344. The van der Waals surface area contributed by atoms with E-state index in [1.54, 1.807) is 0 Å². The smallest absolute Gasteiger partial charge is 0.330 e. The largest absolute Gasteiger partial charge is 0.333 e. The van der Waals surface area contributed by atoms with E-state index in [1.165, 1.54) is 18.4 Å². The zero-order valence-electron chi connectivity index (χ0n) is 20.5. The van der Waals surface area contributed by atoms with Crippen molar-refractivity contribution in [1.82, 2.24) is 14.9 Å². The number of pyridine rings is 1. The van der Waals surface area contributed by atoms with Gasteiger partial charge in [-0.3, -0.25) is 24.3 Å². The molecule has 1 aromatic rings. The molecule has 35 heavy (non-hydrogen) atoms. The van der Waals surface area contributed by atoms with E-state index in [0.717, 1.165) is 58.0 Å². The van der Waals surface area contributed by atoms with Crippen LogP contribution in [-0.4, -0.2) is 51.6 Å². The SMILES string of the molecule is O=C(CC1CCC(C(=O)CCCCCN2CCC[C@H]2c2cccnc2)CC1)ON1C(=O)CCC1=O. The first kappa shape index (κ1) is 25.5. The molecule has 3 heterocycles. The van der Waals surface area contributed by atoms with Crippen molar-refractivity contribution >= 4 is 23.6 Å². The molecule has 0 spiro atoms. The van der Waals surface area contributed by atoms with Crippen molar-refractivity contribution in [1.29, 1.82) is 0 Å². The second-order valence-electron chi connectivity index (χ2n) is 10.2. The fraction of sp³-hybridized carbons (Fsp3) is 0.667. The molecule has 190 valence electrons. The maximum atomic E-state index is 12.7. The summed E-state index contributed by atoms with van der Waals surface area (Å²) in [6.45, 7) is 2.21. The molecule has 3 fully saturated rings. The predicted molar refractivity (Wildman–Crippen MR) is 129 cm³/mol. The predicted octanol–water partition coefficient (Wildman–Crippen LogP) is 4.15. The second-order valence-corrected chi connectivity index (χ2v) is 10.2. The molecule has 1 saturated carbocycles. The van der Waals surface area contributed by atoms with Crippen LogP contribution in [0.2, 0.25) is 0 Å². The highest BCUT2D eigenvalue weighted by Crippen LogP contribution is 2.33. The van der Waals surface area contributed by atoms with Crippen LogP contribution in [0, 0.1) is 11.8 Å². The molecular formula is C27H37N3O5. The third-order valence-electron chi connectivity index (χ3n) is 7.76. The van der Waals surface area contributed by atoms with E-state index >= 15 is 0 Å². The lowest BCUT2D eigenvalue weighted by Crippen LogP contribution is -2.33. The van der Waals surface area contributed by atoms with Crippen LogP contribution in [0.3, 0.4) is 0 Å². The number of aromatic nitrogens is 1. The lowest BCUT2D eigenvalue weighted by molar-refractivity contribution is -0.198. The topological polar surface area (TPSA) is 96.9 Å². The number of Topliss-reactive ketones (excluding diaryl/α,β-unsaturated/α-hetero) is 1. The summed E-state index contributed by atoms with van der Waals surface area (Å²) >= 11 is 0. The standard InChI is InChI=1S/C27H37N3O5/c31-24(8-2-1-3-16-29-17-5-7-23(29)22-6-4-15-28-19-22)21-11-9-20(10-12-21)18-27(34)35-30-25(32)13-14-26(30)33/h4,6,15,19-21,23H,1-3,5,7-14,16-18H2/t20?,21?,23-/m0/s1. The Bertz CT molecular complexity index is 881. The fourth-order valence-electron chi connectivity index (χ4n) is 5.76. The molecule has 4 rings (SSSR count). The molecular weight excluding hydrogens is 446 g/mol. The fourth-order valence-corrected chi connectivity index (χ4v) is 5.76. The van der Waals surface area contributed by atoms with Gasteiger partial charge >= 0.3 is 5.97 Å². The Labute approximate surface area is 207 Å². The second kappa shape index (κ2) is 12.4. The van der Waals surface area contributed by atoms with Gasteiger partial charge in [-0.15, -0.1) is 5.06 Å². The number of imide groups is 1. The molecule has 3 aliphatic rings. The first-order chi connectivity index (χ1) is 17.0. The van der Waals surface area contributed by atoms with E-state index in [4.69, 9.17) is 4.84 Å². The van der Waals surface area contributed by atoms with Gasteiger partial charge < -0.3 is 4.84 Å². The van der Waals surface area contributed by atoms with Crippen LogP contribution in [0.15, 0.2) is 24.5 Å². The molecule has 1 aliphatic carbocycles. The zero-order chi connectivity index (χ0) is 24.6. The minimum atomic E-state index is -0.535. The molecule has 0 unspecified atom stereocenters. The average molecular weight is 484 g/mol. The Balaban J connectivity index is 1.08. The van der Waals surface area contributed by atoms with Crippen molar-refractivity contribution < 1.29 is 24.0 Å². The average Bonchev–Trinajstić information content (AvgIpc) is 3.46. The van der Waals surface area contributed by atoms with Crippen LogP contribution in [0.1, 0.15) is 95.1 Å². The molecule has 2 saturated heterocycles. The summed E-state index contributed by atoms with van der Waals surface area (Å²) in [7, 11) is 0. The monoisotopic (exact) mass is 483 g/mol. The van der Waals surface area contributed by atoms with Gasteiger partial charge in [0.15, 0.2) is 0 Å². The maximum absolute atomic E-state index is 12.7. The van der Waals surface area contributed by atoms with Gasteiger partial charge in [0.05, 0.1) is 6.42 Å². The Morgan fingerprint density at radius 1 is 1.00 bits per heavy atom. The zero-order valence-corrected chi connectivity index (χ0v) is 20.5. The van der Waals surface area contributed by atoms with Crippen LogP contribution in [-0.2, 0) is 24.0 Å². The highest BCUT2D eigenvalue weighted by Gasteiger charge is 2.34. The van der Waals surface area contributed by atoms with Crippen LogP contribution in [0.4, 0.5) is 0 Å². The van der Waals surface area contributed by atoms with Crippen molar-refractivity contribution in [3.8, 4) is 0 Å². The molecule has 8 heteroatoms. The van der Waals surface area contributed by atoms with E-state index in [-0.39, 0.29) is 31.1 Å². The van der Waals surface area contributed by atoms with Crippen molar-refractivity contribution in [2.24, 2.45) is 11.8 Å². The van der Waals surface area contributed by atoms with Gasteiger partial charge in [0.1, 0.15) is 5.78 Å². The van der Waals surface area contributed by atoms with Gasteiger partial charge in [0.2, 0.25) is 0 Å². The molecule has 0 bridgehead atoms. The highest BCUT2D eigenvalue weighted by molar-refractivity contribution is 6.01. The summed E-state index contributed by atoms with van der Waals surface area (Å²) < 4.78 is 0. The summed E-state index contributed by atoms with van der Waals surface area (Å²) in [5, 5.41) is 0.611. The molecule has 0 N–H and O–H groups in total. The van der Waals surface area contributed by atoms with E-state index in [9.17, 15) is 19.2 Å². The summed E-state index contributed by atoms with van der Waals surface area (Å²) in [4.78, 5) is 59.8. The summed E-state index contributed by atoms with van der Waals surface area (Å²) in [6, 6.07) is 4.66. The maximum Gasteiger partial charge on any atom is 0.333 e. The minimum absolute atomic E-state index is 0.0950. The van der Waals surface area contributed by atoms with Gasteiger partial charge in [-0.1, -0.05) is 12.5 Å². The van der Waals surface area contributed by atoms with Gasteiger partial charge in [0, 0.05) is 43.6 Å². The van der Waals surface area contributed by atoms with Gasteiger partial charge in [0.25, 0.3) is 11.8 Å². The number of hydrogen-bond acceptors (Lipinski definition) is 7. The number of hydrogen-bond donors (Lipinski definition) is 0. The first-order valence-electron chi connectivity index (χ1n) is 13.2. The third kappa shape index (κ3) is 6.97. The number of carbonyl (C=O) groups excluding carboxylic acids is 4. The van der Waals surface area contributed by atoms with E-state index in [0.29, 0.717) is 23.3 Å². The third-order valence-corrected chi connectivity index (χ3v) is 7.76. The molecule has 1 aromatic heterocycles. The number of likely N-dealkylation sites (tertiary alicyclic amines) is 1. The van der Waals surface area contributed by atoms with E-state index < -0.39 is 17.8 Å². The van der Waals surface area contributed by atoms with Crippen molar-refractivity contribution in [3.63, 3.8) is 0 Å². The molecule has 1 atom stereocenters. The van der Waals surface area contributed by atoms with Crippen molar-refractivity contribution in [2.75, 3.05) is 13.1 Å². The van der Waals surface area contributed by atoms with Crippen molar-refractivity contribution in [2.45, 2.75) is 89.5 Å². The number of amides is 2. The lowest BCUT2D eigenvalue weighted by Gasteiger charge is -2.27. The first-order valence-corrected chi connectivity index (χ1v) is 13.2. The number of nitrogens with zero attached hydrogens (tertiary/aromatic N) is 3. The number of carbonyl (C=O) groups is 4. The molecule has 0 radical (unpaired) electrons. The molecule has 2 amide bonds. The van der Waals surface area contributed by atoms with E-state index in [1.807, 2.05) is 18.5 Å². The molecule has 2 aliphatic heterocycles. The van der Waals surface area contributed by atoms with Crippen LogP contribution in [0.5, 0.6) is 0 Å². The van der Waals surface area contributed by atoms with Gasteiger partial charge in [-0.2, -0.15) is 0 Å². The molecule has 8 nitrogen and oxygen atoms in total. The summed E-state index contributed by atoms with van der Waals surface area (Å²) in [6.07, 6.45) is 13.6. The Morgan fingerprint density at radius 3 is 2.49 bits per heavy atom. The summed E-state index contributed by atoms with van der Waals surface area (Å²) in [5.74, 6) is -0.844. The number of ketones is 1. The number of unbranched alkanes of at least 4 members (excludes halogenated alkanes) is 2. The van der Waals surface area contributed by atoms with Crippen LogP contribution < -0.4 is 0 Å². The Hall–Kier alpha value is -2.61. The van der Waals surface area contributed by atoms with Gasteiger partial charge in [-0.25, -0.2) is 4.79 Å². The van der Waals surface area contributed by atoms with Crippen molar-refractivity contribution in [3.05, 3.63) is 30.1 Å². The van der Waals surface area contributed by atoms with E-state index in [2.05, 4.69) is 16.0 Å². The van der Waals surface area contributed by atoms with Crippen LogP contribution in [0.25, 0.3) is 0 Å². The Morgan fingerprint density at radius 2 is 1.77 bits per heavy atom. The summed E-state index contributed by atoms with van der Waals surface area (Å²) in [5.41, 5.74) is 1.31. The normalized spacial score (nSPS) is 25.3. The van der Waals surface area contributed by atoms with Gasteiger partial charge in [-0.05, 0) is 82.0 Å². The Kier molecular flexibility index (Phi) is 9.01. The van der Waals surface area contributed by atoms with Crippen LogP contribution >= 0.6 is 0 Å². The highest BCUT2D eigenvalue weighted by atomic mass is 16.7. The lowest BCUT2D eigenvalue weighted by atomic mass is 9.78. The number of hydroxylamine groups is 2. The number of rotatable bonds is 11. The molecule has 0 aromatic carbocycles.